The number of carbonyl (C=O) groups is 1. The molecular weight excluding hydrogens is 477 g/mol. The summed E-state index contributed by atoms with van der Waals surface area (Å²) in [5.41, 5.74) is 2.74. The molecule has 0 spiro atoms. The van der Waals surface area contributed by atoms with Gasteiger partial charge in [-0.1, -0.05) is 50.6 Å². The molecule has 0 aromatic heterocycles. The lowest BCUT2D eigenvalue weighted by Crippen LogP contribution is -2.07. The van der Waals surface area contributed by atoms with Crippen LogP contribution in [0.15, 0.2) is 60.7 Å². The van der Waals surface area contributed by atoms with Crippen LogP contribution in [0.3, 0.4) is 0 Å². The van der Waals surface area contributed by atoms with Crippen LogP contribution in [0.1, 0.15) is 56.2 Å². The molecule has 0 aliphatic heterocycles. The molecule has 3 nitrogen and oxygen atoms in total. The third-order valence-electron chi connectivity index (χ3n) is 6.26. The maximum Gasteiger partial charge on any atom is 0.333 e. The predicted molar refractivity (Wildman–Crippen MR) is 140 cm³/mol. The Morgan fingerprint density at radius 1 is 0.865 bits per heavy atom. The SMILES string of the molecule is C=C(C)C(=O)OCc1cc(-c2c(F)cc(-c3ccc(CCCCC)cc3F)cc2F)ccc1CCCO. The van der Waals surface area contributed by atoms with Gasteiger partial charge in [0.05, 0.1) is 5.56 Å². The van der Waals surface area contributed by atoms with Gasteiger partial charge < -0.3 is 9.84 Å². The first-order valence-electron chi connectivity index (χ1n) is 12.6. The van der Waals surface area contributed by atoms with Gasteiger partial charge in [0.25, 0.3) is 0 Å². The maximum absolute atomic E-state index is 15.3. The molecular formula is C31H33F3O3. The molecule has 6 heteroatoms. The number of rotatable bonds is 12. The van der Waals surface area contributed by atoms with Crippen molar-refractivity contribution in [2.24, 2.45) is 0 Å². The summed E-state index contributed by atoms with van der Waals surface area (Å²) in [6.07, 6.45) is 4.83. The highest BCUT2D eigenvalue weighted by atomic mass is 19.1. The van der Waals surface area contributed by atoms with Crippen molar-refractivity contribution in [1.82, 2.24) is 0 Å². The molecule has 0 aliphatic rings. The number of aryl methyl sites for hydroxylation is 2. The third-order valence-corrected chi connectivity index (χ3v) is 6.26. The molecule has 0 radical (unpaired) electrons. The quantitative estimate of drug-likeness (QED) is 0.154. The number of halogens is 3. The van der Waals surface area contributed by atoms with Gasteiger partial charge in [0.15, 0.2) is 0 Å². The van der Waals surface area contributed by atoms with E-state index in [4.69, 9.17) is 4.74 Å². The van der Waals surface area contributed by atoms with Crippen LogP contribution in [0.2, 0.25) is 0 Å². The molecule has 0 aliphatic carbocycles. The van der Waals surface area contributed by atoms with E-state index in [-0.39, 0.29) is 41.0 Å². The number of carbonyl (C=O) groups excluding carboxylic acids is 1. The van der Waals surface area contributed by atoms with E-state index in [0.29, 0.717) is 18.4 Å². The number of unbranched alkanes of at least 4 members (excludes halogenated alkanes) is 2. The zero-order chi connectivity index (χ0) is 26.9. The van der Waals surface area contributed by atoms with E-state index in [1.165, 1.54) is 13.0 Å². The molecule has 0 amide bonds. The van der Waals surface area contributed by atoms with Crippen LogP contribution < -0.4 is 0 Å². The fourth-order valence-electron chi connectivity index (χ4n) is 4.23. The Balaban J connectivity index is 1.93. The van der Waals surface area contributed by atoms with Crippen LogP contribution in [0.25, 0.3) is 22.3 Å². The van der Waals surface area contributed by atoms with Gasteiger partial charge in [-0.2, -0.15) is 0 Å². The fraction of sp³-hybridized carbons (Fsp3) is 0.323. The lowest BCUT2D eigenvalue weighted by molar-refractivity contribution is -0.140. The molecule has 0 unspecified atom stereocenters. The smallest absolute Gasteiger partial charge is 0.333 e. The molecule has 0 heterocycles. The zero-order valence-electron chi connectivity index (χ0n) is 21.4. The van der Waals surface area contributed by atoms with E-state index in [2.05, 4.69) is 13.5 Å². The number of benzene rings is 3. The second kappa shape index (κ2) is 13.2. The van der Waals surface area contributed by atoms with E-state index in [9.17, 15) is 14.3 Å². The van der Waals surface area contributed by atoms with E-state index < -0.39 is 23.4 Å². The minimum Gasteiger partial charge on any atom is -0.457 e. The van der Waals surface area contributed by atoms with Gasteiger partial charge in [-0.15, -0.1) is 0 Å². The highest BCUT2D eigenvalue weighted by Gasteiger charge is 2.18. The molecule has 3 aromatic carbocycles. The Bertz CT molecular complexity index is 1240. The number of aliphatic hydroxyl groups is 1. The number of esters is 1. The summed E-state index contributed by atoms with van der Waals surface area (Å²) in [4.78, 5) is 11.9. The van der Waals surface area contributed by atoms with Crippen molar-refractivity contribution in [3.63, 3.8) is 0 Å². The molecule has 0 saturated carbocycles. The van der Waals surface area contributed by atoms with Crippen LogP contribution in [-0.4, -0.2) is 17.7 Å². The third kappa shape index (κ3) is 7.32. The molecule has 0 atom stereocenters. The van der Waals surface area contributed by atoms with E-state index in [0.717, 1.165) is 48.9 Å². The first-order chi connectivity index (χ1) is 17.7. The lowest BCUT2D eigenvalue weighted by atomic mass is 9.94. The van der Waals surface area contributed by atoms with E-state index >= 15 is 8.78 Å². The van der Waals surface area contributed by atoms with Crippen molar-refractivity contribution in [1.29, 1.82) is 0 Å². The summed E-state index contributed by atoms with van der Waals surface area (Å²) in [5, 5.41) is 9.19. The van der Waals surface area contributed by atoms with Crippen LogP contribution in [0.5, 0.6) is 0 Å². The van der Waals surface area contributed by atoms with Gasteiger partial charge in [-0.25, -0.2) is 18.0 Å². The molecule has 1 N–H and O–H groups in total. The zero-order valence-corrected chi connectivity index (χ0v) is 21.4. The van der Waals surface area contributed by atoms with E-state index in [1.807, 2.05) is 0 Å². The summed E-state index contributed by atoms with van der Waals surface area (Å²) < 4.78 is 50.6. The average molecular weight is 511 g/mol. The average Bonchev–Trinajstić information content (AvgIpc) is 2.86. The molecule has 0 saturated heterocycles. The van der Waals surface area contributed by atoms with Crippen molar-refractivity contribution in [2.75, 3.05) is 6.61 Å². The van der Waals surface area contributed by atoms with Gasteiger partial charge in [-0.3, -0.25) is 0 Å². The van der Waals surface area contributed by atoms with Crippen LogP contribution in [-0.2, 0) is 29.0 Å². The monoisotopic (exact) mass is 510 g/mol. The maximum atomic E-state index is 15.3. The lowest BCUT2D eigenvalue weighted by Gasteiger charge is -2.14. The van der Waals surface area contributed by atoms with Crippen molar-refractivity contribution in [3.05, 3.63) is 94.8 Å². The Morgan fingerprint density at radius 2 is 1.59 bits per heavy atom. The summed E-state index contributed by atoms with van der Waals surface area (Å²) in [7, 11) is 0. The van der Waals surface area contributed by atoms with Gasteiger partial charge in [-0.05, 0) is 84.7 Å². The topological polar surface area (TPSA) is 46.5 Å². The predicted octanol–water partition coefficient (Wildman–Crippen LogP) is 7.71. The van der Waals surface area contributed by atoms with Crippen LogP contribution in [0.4, 0.5) is 13.2 Å². The first-order valence-corrected chi connectivity index (χ1v) is 12.6. The van der Waals surface area contributed by atoms with Crippen molar-refractivity contribution >= 4 is 5.97 Å². The normalized spacial score (nSPS) is 11.0. The molecule has 37 heavy (non-hydrogen) atoms. The summed E-state index contributed by atoms with van der Waals surface area (Å²) >= 11 is 0. The van der Waals surface area contributed by atoms with E-state index in [1.54, 1.807) is 30.3 Å². The van der Waals surface area contributed by atoms with Gasteiger partial charge >= 0.3 is 5.97 Å². The van der Waals surface area contributed by atoms with Crippen molar-refractivity contribution in [3.8, 4) is 22.3 Å². The number of hydrogen-bond acceptors (Lipinski definition) is 3. The second-order valence-electron chi connectivity index (χ2n) is 9.25. The minimum atomic E-state index is -0.825. The standard InChI is InChI=1S/C31H33F3O3/c1-4-5-6-8-21-10-13-26(27(32)15-21)24-17-28(33)30(29(34)18-24)23-12-11-22(9-7-14-35)25(16-23)19-37-31(36)20(2)3/h10-13,15-18,35H,2,4-9,14,19H2,1,3H3. The number of hydrogen-bond donors (Lipinski definition) is 1. The molecule has 0 fully saturated rings. The molecule has 0 bridgehead atoms. The Hall–Kier alpha value is -3.38. The molecule has 3 rings (SSSR count). The summed E-state index contributed by atoms with van der Waals surface area (Å²) in [5.74, 6) is -2.74. The van der Waals surface area contributed by atoms with Crippen LogP contribution >= 0.6 is 0 Å². The van der Waals surface area contributed by atoms with Crippen molar-refractivity contribution in [2.45, 2.75) is 59.0 Å². The van der Waals surface area contributed by atoms with Gasteiger partial charge in [0, 0.05) is 17.7 Å². The highest BCUT2D eigenvalue weighted by Crippen LogP contribution is 2.34. The van der Waals surface area contributed by atoms with Crippen molar-refractivity contribution < 1.29 is 27.8 Å². The second-order valence-corrected chi connectivity index (χ2v) is 9.25. The largest absolute Gasteiger partial charge is 0.457 e. The van der Waals surface area contributed by atoms with Gasteiger partial charge in [0.2, 0.25) is 0 Å². The Kier molecular flexibility index (Phi) is 10.1. The number of ether oxygens (including phenoxy) is 1. The van der Waals surface area contributed by atoms with Gasteiger partial charge in [0.1, 0.15) is 24.1 Å². The Morgan fingerprint density at radius 3 is 2.22 bits per heavy atom. The first kappa shape index (κ1) is 28.2. The minimum absolute atomic E-state index is 0.0201. The summed E-state index contributed by atoms with van der Waals surface area (Å²) in [6, 6.07) is 11.9. The molecule has 196 valence electrons. The fourth-order valence-corrected chi connectivity index (χ4v) is 4.23. The van der Waals surface area contributed by atoms with Crippen LogP contribution in [0, 0.1) is 17.5 Å². The summed E-state index contributed by atoms with van der Waals surface area (Å²) in [6.45, 7) is 7.06. The highest BCUT2D eigenvalue weighted by molar-refractivity contribution is 5.87. The Labute approximate surface area is 216 Å². The molecule has 3 aromatic rings. The number of aliphatic hydroxyl groups excluding tert-OH is 1.